The van der Waals surface area contributed by atoms with Crippen LogP contribution in [0.1, 0.15) is 23.1 Å². The molecule has 0 spiro atoms. The number of amides is 1. The van der Waals surface area contributed by atoms with E-state index in [1.54, 1.807) is 12.1 Å². The van der Waals surface area contributed by atoms with Gasteiger partial charge in [-0.1, -0.05) is 11.6 Å². The first kappa shape index (κ1) is 16.1. The predicted molar refractivity (Wildman–Crippen MR) is 84.5 cm³/mol. The van der Waals surface area contributed by atoms with Crippen LogP contribution in [0.3, 0.4) is 0 Å². The zero-order chi connectivity index (χ0) is 17.1. The Labute approximate surface area is 141 Å². The summed E-state index contributed by atoms with van der Waals surface area (Å²) in [6, 6.07) is 6.98. The summed E-state index contributed by atoms with van der Waals surface area (Å²) in [5.74, 6) is -0.226. The predicted octanol–water partition coefficient (Wildman–Crippen LogP) is 2.25. The second-order valence-electron chi connectivity index (χ2n) is 4.80. The van der Waals surface area contributed by atoms with Gasteiger partial charge < -0.3 is 10.1 Å². The number of aromatic nitrogens is 4. The normalized spacial score (nSPS) is 10.8. The first-order valence-corrected chi connectivity index (χ1v) is 7.53. The number of fused-ring (bicyclic) bond motifs is 1. The number of carbonyl (C=O) groups is 1. The molecule has 0 aliphatic carbocycles. The molecule has 0 fully saturated rings. The molecule has 0 atom stereocenters. The van der Waals surface area contributed by atoms with E-state index in [0.717, 1.165) is 6.07 Å². The summed E-state index contributed by atoms with van der Waals surface area (Å²) in [5, 5.41) is 15.0. The number of hydrogen-bond acceptors (Lipinski definition) is 5. The Morgan fingerprint density at radius 2 is 2.17 bits per heavy atom. The van der Waals surface area contributed by atoms with E-state index >= 15 is 0 Å². The number of hydrogen-bond donors (Lipinski definition) is 1. The summed E-state index contributed by atoms with van der Waals surface area (Å²) in [5.41, 5.74) is 0.569. The van der Waals surface area contributed by atoms with Crippen molar-refractivity contribution in [1.82, 2.24) is 25.1 Å². The molecule has 24 heavy (non-hydrogen) atoms. The molecule has 7 nitrogen and oxygen atoms in total. The minimum absolute atomic E-state index is 0.0495. The molecule has 9 heteroatoms. The second-order valence-corrected chi connectivity index (χ2v) is 5.20. The van der Waals surface area contributed by atoms with Gasteiger partial charge in [0, 0.05) is 6.07 Å². The Morgan fingerprint density at radius 1 is 1.33 bits per heavy atom. The number of carbonyl (C=O) groups excluding carboxylic acids is 1. The lowest BCUT2D eigenvalue weighted by molar-refractivity contribution is 0.0949. The molecule has 0 bridgehead atoms. The molecule has 2 heterocycles. The average molecular weight is 350 g/mol. The fourth-order valence-corrected chi connectivity index (χ4v) is 2.28. The summed E-state index contributed by atoms with van der Waals surface area (Å²) >= 11 is 5.91. The molecule has 1 aromatic carbocycles. The van der Waals surface area contributed by atoms with Gasteiger partial charge in [-0.05, 0) is 31.2 Å². The van der Waals surface area contributed by atoms with Gasteiger partial charge in [0.15, 0.2) is 11.5 Å². The van der Waals surface area contributed by atoms with Crippen LogP contribution in [-0.2, 0) is 6.54 Å². The molecule has 0 saturated carbocycles. The zero-order valence-electron chi connectivity index (χ0n) is 12.7. The third-order valence-electron chi connectivity index (χ3n) is 3.18. The molecule has 0 radical (unpaired) electrons. The highest BCUT2D eigenvalue weighted by molar-refractivity contribution is 6.33. The zero-order valence-corrected chi connectivity index (χ0v) is 13.4. The lowest BCUT2D eigenvalue weighted by Gasteiger charge is -2.06. The highest BCUT2D eigenvalue weighted by Crippen LogP contribution is 2.17. The van der Waals surface area contributed by atoms with Crippen LogP contribution in [0.25, 0.3) is 5.65 Å². The first-order chi connectivity index (χ1) is 11.6. The van der Waals surface area contributed by atoms with Crippen LogP contribution >= 0.6 is 11.6 Å². The molecule has 0 aliphatic rings. The third-order valence-corrected chi connectivity index (χ3v) is 3.50. The topological polar surface area (TPSA) is 81.4 Å². The monoisotopic (exact) mass is 349 g/mol. The van der Waals surface area contributed by atoms with Crippen molar-refractivity contribution >= 4 is 23.2 Å². The maximum absolute atomic E-state index is 13.3. The quantitative estimate of drug-likeness (QED) is 0.764. The molecule has 0 saturated heterocycles. The van der Waals surface area contributed by atoms with Crippen molar-refractivity contribution in [3.05, 3.63) is 52.6 Å². The summed E-state index contributed by atoms with van der Waals surface area (Å²) < 4.78 is 20.1. The van der Waals surface area contributed by atoms with E-state index in [-0.39, 0.29) is 17.1 Å². The Bertz CT molecular complexity index is 899. The van der Waals surface area contributed by atoms with Gasteiger partial charge in [0.2, 0.25) is 5.88 Å². The highest BCUT2D eigenvalue weighted by atomic mass is 35.5. The fraction of sp³-hybridized carbons (Fsp3) is 0.200. The lowest BCUT2D eigenvalue weighted by atomic mass is 10.2. The van der Waals surface area contributed by atoms with Gasteiger partial charge in [-0.2, -0.15) is 4.52 Å². The van der Waals surface area contributed by atoms with Gasteiger partial charge in [-0.3, -0.25) is 4.79 Å². The SMILES string of the molecule is CCOc1ccc2nnc(CNC(=O)c3cc(F)ccc3Cl)n2n1. The van der Waals surface area contributed by atoms with Gasteiger partial charge in [0.1, 0.15) is 5.82 Å². The van der Waals surface area contributed by atoms with Gasteiger partial charge in [0.05, 0.1) is 23.7 Å². The highest BCUT2D eigenvalue weighted by Gasteiger charge is 2.14. The average Bonchev–Trinajstić information content (AvgIpc) is 2.97. The molecule has 3 rings (SSSR count). The maximum Gasteiger partial charge on any atom is 0.253 e. The van der Waals surface area contributed by atoms with Gasteiger partial charge >= 0.3 is 0 Å². The number of benzene rings is 1. The third kappa shape index (κ3) is 3.28. The van der Waals surface area contributed by atoms with Crippen molar-refractivity contribution in [1.29, 1.82) is 0 Å². The van der Waals surface area contributed by atoms with Crippen LogP contribution in [0, 0.1) is 5.82 Å². The summed E-state index contributed by atoms with van der Waals surface area (Å²) in [7, 11) is 0. The van der Waals surface area contributed by atoms with E-state index in [1.165, 1.54) is 16.6 Å². The maximum atomic E-state index is 13.3. The molecular weight excluding hydrogens is 337 g/mol. The number of nitrogens with zero attached hydrogens (tertiary/aromatic N) is 4. The van der Waals surface area contributed by atoms with Crippen LogP contribution in [-0.4, -0.2) is 32.3 Å². The smallest absolute Gasteiger partial charge is 0.253 e. The standard InChI is InChI=1S/C15H13ClFN5O2/c1-2-24-14-6-5-12-19-20-13(22(12)21-14)8-18-15(23)10-7-9(17)3-4-11(10)16/h3-7H,2,8H2,1H3,(H,18,23). The van der Waals surface area contributed by atoms with Crippen molar-refractivity contribution in [2.45, 2.75) is 13.5 Å². The second kappa shape index (κ2) is 6.79. The minimum atomic E-state index is -0.541. The first-order valence-electron chi connectivity index (χ1n) is 7.16. The summed E-state index contributed by atoms with van der Waals surface area (Å²) in [6.45, 7) is 2.38. The van der Waals surface area contributed by atoms with E-state index in [2.05, 4.69) is 20.6 Å². The van der Waals surface area contributed by atoms with Crippen molar-refractivity contribution in [3.8, 4) is 5.88 Å². The van der Waals surface area contributed by atoms with E-state index in [4.69, 9.17) is 16.3 Å². The van der Waals surface area contributed by atoms with Crippen LogP contribution in [0.4, 0.5) is 4.39 Å². The van der Waals surface area contributed by atoms with Gasteiger partial charge in [-0.15, -0.1) is 15.3 Å². The Kier molecular flexibility index (Phi) is 4.57. The van der Waals surface area contributed by atoms with Gasteiger partial charge in [-0.25, -0.2) is 4.39 Å². The van der Waals surface area contributed by atoms with Crippen molar-refractivity contribution in [2.24, 2.45) is 0 Å². The number of ether oxygens (including phenoxy) is 1. The summed E-state index contributed by atoms with van der Waals surface area (Å²) in [4.78, 5) is 12.2. The van der Waals surface area contributed by atoms with E-state index in [1.807, 2.05) is 6.92 Å². The molecular formula is C15H13ClFN5O2. The van der Waals surface area contributed by atoms with Crippen LogP contribution in [0.2, 0.25) is 5.02 Å². The van der Waals surface area contributed by atoms with E-state index in [0.29, 0.717) is 24.0 Å². The molecule has 0 unspecified atom stereocenters. The summed E-state index contributed by atoms with van der Waals surface area (Å²) in [6.07, 6.45) is 0. The number of rotatable bonds is 5. The Balaban J connectivity index is 1.79. The minimum Gasteiger partial charge on any atom is -0.477 e. The molecule has 3 aromatic rings. The van der Waals surface area contributed by atoms with Gasteiger partial charge in [0.25, 0.3) is 5.91 Å². The largest absolute Gasteiger partial charge is 0.477 e. The molecule has 124 valence electrons. The van der Waals surface area contributed by atoms with Crippen LogP contribution < -0.4 is 10.1 Å². The van der Waals surface area contributed by atoms with Crippen molar-refractivity contribution in [3.63, 3.8) is 0 Å². The van der Waals surface area contributed by atoms with E-state index in [9.17, 15) is 9.18 Å². The fourth-order valence-electron chi connectivity index (χ4n) is 2.08. The van der Waals surface area contributed by atoms with Crippen LogP contribution in [0.5, 0.6) is 5.88 Å². The Morgan fingerprint density at radius 3 is 2.96 bits per heavy atom. The lowest BCUT2D eigenvalue weighted by Crippen LogP contribution is -2.24. The number of nitrogens with one attached hydrogen (secondary N) is 1. The van der Waals surface area contributed by atoms with Crippen molar-refractivity contribution < 1.29 is 13.9 Å². The van der Waals surface area contributed by atoms with E-state index < -0.39 is 11.7 Å². The molecule has 2 aromatic heterocycles. The molecule has 0 aliphatic heterocycles. The van der Waals surface area contributed by atoms with Crippen LogP contribution in [0.15, 0.2) is 30.3 Å². The van der Waals surface area contributed by atoms with Crippen molar-refractivity contribution in [2.75, 3.05) is 6.61 Å². The molecule has 1 N–H and O–H groups in total. The molecule has 1 amide bonds. The number of halogens is 2. The Hall–Kier alpha value is -2.74.